The predicted molar refractivity (Wildman–Crippen MR) is 68.5 cm³/mol. The maximum Gasteiger partial charge on any atom is 0.223 e. The molecular formula is C12H18N2OS. The maximum atomic E-state index is 11.4. The van der Waals surface area contributed by atoms with Crippen LogP contribution in [0.5, 0.6) is 0 Å². The van der Waals surface area contributed by atoms with Gasteiger partial charge in [0, 0.05) is 37.2 Å². The monoisotopic (exact) mass is 238 g/mol. The van der Waals surface area contributed by atoms with Crippen molar-refractivity contribution < 1.29 is 4.79 Å². The van der Waals surface area contributed by atoms with Crippen molar-refractivity contribution in [3.63, 3.8) is 0 Å². The fraction of sp³-hybridized carbons (Fsp3) is 0.417. The molecule has 3 nitrogen and oxygen atoms in total. The number of nitrogens with zero attached hydrogens (tertiary/aromatic N) is 1. The Morgan fingerprint density at radius 2 is 2.00 bits per heavy atom. The fourth-order valence-electron chi connectivity index (χ4n) is 1.19. The first kappa shape index (κ1) is 13.1. The molecule has 4 heteroatoms. The van der Waals surface area contributed by atoms with Gasteiger partial charge in [0.25, 0.3) is 0 Å². The second-order valence-corrected chi connectivity index (χ2v) is 4.97. The minimum absolute atomic E-state index is 0.0832. The number of hydrogen-bond acceptors (Lipinski definition) is 3. The van der Waals surface area contributed by atoms with Crippen molar-refractivity contribution in [1.82, 2.24) is 4.90 Å². The van der Waals surface area contributed by atoms with E-state index in [9.17, 15) is 4.79 Å². The van der Waals surface area contributed by atoms with E-state index in [1.165, 1.54) is 4.90 Å². The van der Waals surface area contributed by atoms with Crippen LogP contribution >= 0.6 is 11.8 Å². The van der Waals surface area contributed by atoms with Crippen LogP contribution in [0.25, 0.3) is 0 Å². The largest absolute Gasteiger partial charge is 0.349 e. The summed E-state index contributed by atoms with van der Waals surface area (Å²) in [4.78, 5) is 14.2. The van der Waals surface area contributed by atoms with Crippen LogP contribution in [0.2, 0.25) is 0 Å². The Labute approximate surface area is 101 Å². The number of rotatable bonds is 5. The molecule has 0 aliphatic rings. The Morgan fingerprint density at radius 3 is 2.56 bits per heavy atom. The average Bonchev–Trinajstić information content (AvgIpc) is 2.27. The smallest absolute Gasteiger partial charge is 0.223 e. The van der Waals surface area contributed by atoms with Gasteiger partial charge in [0.2, 0.25) is 5.91 Å². The summed E-state index contributed by atoms with van der Waals surface area (Å²) >= 11 is 1.69. The summed E-state index contributed by atoms with van der Waals surface area (Å²) in [6.07, 6.45) is 0.410. The van der Waals surface area contributed by atoms with Gasteiger partial charge in [-0.1, -0.05) is 18.2 Å². The van der Waals surface area contributed by atoms with E-state index in [1.807, 2.05) is 30.3 Å². The van der Waals surface area contributed by atoms with Gasteiger partial charge in [0.05, 0.1) is 0 Å². The van der Waals surface area contributed by atoms with Gasteiger partial charge in [-0.2, -0.15) is 0 Å². The van der Waals surface area contributed by atoms with Crippen molar-refractivity contribution in [2.24, 2.45) is 5.73 Å². The Morgan fingerprint density at radius 1 is 1.38 bits per heavy atom. The van der Waals surface area contributed by atoms with Crippen molar-refractivity contribution in [3.8, 4) is 0 Å². The molecule has 1 amide bonds. The molecular weight excluding hydrogens is 220 g/mol. The van der Waals surface area contributed by atoms with Gasteiger partial charge in [-0.25, -0.2) is 0 Å². The van der Waals surface area contributed by atoms with Gasteiger partial charge in [-0.15, -0.1) is 11.8 Å². The number of hydrogen-bond donors (Lipinski definition) is 1. The van der Waals surface area contributed by atoms with E-state index in [0.717, 1.165) is 5.75 Å². The molecule has 1 unspecified atom stereocenters. The first-order valence-corrected chi connectivity index (χ1v) is 6.21. The fourth-order valence-corrected chi connectivity index (χ4v) is 2.06. The van der Waals surface area contributed by atoms with Gasteiger partial charge in [-0.3, -0.25) is 4.79 Å². The summed E-state index contributed by atoms with van der Waals surface area (Å²) in [6, 6.07) is 9.99. The second-order valence-electron chi connectivity index (χ2n) is 3.88. The third-order valence-electron chi connectivity index (χ3n) is 2.14. The molecule has 2 N–H and O–H groups in total. The zero-order valence-electron chi connectivity index (χ0n) is 9.72. The van der Waals surface area contributed by atoms with Crippen molar-refractivity contribution >= 4 is 17.7 Å². The molecule has 1 aromatic rings. The zero-order chi connectivity index (χ0) is 12.0. The van der Waals surface area contributed by atoms with Crippen LogP contribution in [-0.2, 0) is 4.79 Å². The molecule has 0 heterocycles. The third-order valence-corrected chi connectivity index (χ3v) is 3.34. The van der Waals surface area contributed by atoms with E-state index < -0.39 is 0 Å². The van der Waals surface area contributed by atoms with Crippen LogP contribution in [0.4, 0.5) is 0 Å². The summed E-state index contributed by atoms with van der Waals surface area (Å²) in [5.41, 5.74) is 5.89. The Hall–Kier alpha value is -1.00. The highest BCUT2D eigenvalue weighted by Gasteiger charge is 2.11. The van der Waals surface area contributed by atoms with Crippen LogP contribution in [0.1, 0.15) is 6.42 Å². The minimum atomic E-state index is -0.0832. The van der Waals surface area contributed by atoms with Crippen LogP contribution < -0.4 is 5.73 Å². The lowest BCUT2D eigenvalue weighted by Gasteiger charge is -2.14. The van der Waals surface area contributed by atoms with Gasteiger partial charge in [0.15, 0.2) is 0 Å². The summed E-state index contributed by atoms with van der Waals surface area (Å²) < 4.78 is 0. The highest BCUT2D eigenvalue weighted by Crippen LogP contribution is 2.18. The van der Waals surface area contributed by atoms with Crippen LogP contribution in [0.15, 0.2) is 35.2 Å². The first-order chi connectivity index (χ1) is 7.59. The number of amides is 1. The second kappa shape index (κ2) is 6.55. The highest BCUT2D eigenvalue weighted by atomic mass is 32.2. The van der Waals surface area contributed by atoms with Gasteiger partial charge in [-0.05, 0) is 12.1 Å². The van der Waals surface area contributed by atoms with Crippen molar-refractivity contribution in [2.45, 2.75) is 17.4 Å². The molecule has 16 heavy (non-hydrogen) atoms. The molecule has 0 saturated carbocycles. The molecule has 0 spiro atoms. The van der Waals surface area contributed by atoms with E-state index in [0.29, 0.717) is 6.42 Å². The van der Waals surface area contributed by atoms with Crippen LogP contribution in [0, 0.1) is 0 Å². The molecule has 0 fully saturated rings. The van der Waals surface area contributed by atoms with Crippen LogP contribution in [-0.4, -0.2) is 36.7 Å². The quantitative estimate of drug-likeness (QED) is 0.792. The molecule has 0 aliphatic heterocycles. The Bertz CT molecular complexity index is 327. The van der Waals surface area contributed by atoms with Crippen molar-refractivity contribution in [1.29, 1.82) is 0 Å². The predicted octanol–water partition coefficient (Wildman–Crippen LogP) is 1.58. The van der Waals surface area contributed by atoms with E-state index >= 15 is 0 Å². The summed E-state index contributed by atoms with van der Waals surface area (Å²) in [6.45, 7) is 0. The minimum Gasteiger partial charge on any atom is -0.349 e. The highest BCUT2D eigenvalue weighted by molar-refractivity contribution is 7.99. The van der Waals surface area contributed by atoms with Crippen LogP contribution in [0.3, 0.4) is 0 Å². The number of nitrogens with two attached hydrogens (primary N) is 1. The van der Waals surface area contributed by atoms with Gasteiger partial charge in [0.1, 0.15) is 0 Å². The Kier molecular flexibility index (Phi) is 5.35. The van der Waals surface area contributed by atoms with E-state index in [4.69, 9.17) is 5.73 Å². The van der Waals surface area contributed by atoms with Gasteiger partial charge >= 0.3 is 0 Å². The molecule has 0 bridgehead atoms. The normalized spacial score (nSPS) is 12.2. The maximum absolute atomic E-state index is 11.4. The molecule has 1 aromatic carbocycles. The lowest BCUT2D eigenvalue weighted by atomic mass is 10.2. The number of thioether (sulfide) groups is 1. The summed E-state index contributed by atoms with van der Waals surface area (Å²) in [7, 11) is 3.50. The molecule has 0 radical (unpaired) electrons. The number of carbonyl (C=O) groups is 1. The van der Waals surface area contributed by atoms with Gasteiger partial charge < -0.3 is 10.6 Å². The topological polar surface area (TPSA) is 46.3 Å². The standard InChI is InChI=1S/C12H18N2OS/c1-14(2)12(15)8-10(13)9-16-11-6-4-3-5-7-11/h3-7,10H,8-9,13H2,1-2H3. The molecule has 1 atom stereocenters. The molecule has 0 aliphatic carbocycles. The molecule has 88 valence electrons. The lowest BCUT2D eigenvalue weighted by Crippen LogP contribution is -2.32. The first-order valence-electron chi connectivity index (χ1n) is 5.23. The lowest BCUT2D eigenvalue weighted by molar-refractivity contribution is -0.128. The van der Waals surface area contributed by atoms with Crippen molar-refractivity contribution in [3.05, 3.63) is 30.3 Å². The molecule has 0 saturated heterocycles. The van der Waals surface area contributed by atoms with E-state index in [2.05, 4.69) is 0 Å². The zero-order valence-corrected chi connectivity index (χ0v) is 10.5. The van der Waals surface area contributed by atoms with E-state index in [1.54, 1.807) is 30.8 Å². The van der Waals surface area contributed by atoms with Crippen molar-refractivity contribution in [2.75, 3.05) is 19.8 Å². The average molecular weight is 238 g/mol. The summed E-state index contributed by atoms with van der Waals surface area (Å²) in [5.74, 6) is 0.852. The SMILES string of the molecule is CN(C)C(=O)CC(N)CSc1ccccc1. The number of carbonyl (C=O) groups excluding carboxylic acids is 1. The molecule has 1 rings (SSSR count). The third kappa shape index (κ3) is 4.68. The number of benzene rings is 1. The molecule has 0 aromatic heterocycles. The summed E-state index contributed by atoms with van der Waals surface area (Å²) in [5, 5.41) is 0. The Balaban J connectivity index is 2.30. The van der Waals surface area contributed by atoms with E-state index in [-0.39, 0.29) is 11.9 Å².